The fourth-order valence-corrected chi connectivity index (χ4v) is 3.82. The lowest BCUT2D eigenvalue weighted by Gasteiger charge is -2.34. The molecule has 1 aromatic heterocycles. The molecule has 26 heavy (non-hydrogen) atoms. The average Bonchev–Trinajstić information content (AvgIpc) is 2.84. The Bertz CT molecular complexity index is 787. The molecule has 1 amide bonds. The molecule has 1 aromatic carbocycles. The number of piperidine rings is 1. The number of rotatable bonds is 4. The van der Waals surface area contributed by atoms with Crippen molar-refractivity contribution in [1.82, 2.24) is 4.98 Å². The maximum atomic E-state index is 11.7. The van der Waals surface area contributed by atoms with Gasteiger partial charge in [0.1, 0.15) is 5.82 Å². The number of ether oxygens (including phenoxy) is 1. The van der Waals surface area contributed by atoms with Gasteiger partial charge in [-0.15, -0.1) is 0 Å². The molecule has 0 spiro atoms. The van der Waals surface area contributed by atoms with Crippen LogP contribution in [0.1, 0.15) is 18.4 Å². The summed E-state index contributed by atoms with van der Waals surface area (Å²) in [6, 6.07) is 10.2. The van der Waals surface area contributed by atoms with Crippen molar-refractivity contribution in [2.24, 2.45) is 5.92 Å². The number of nitrogens with one attached hydrogen (secondary N) is 1. The molecule has 1 fully saturated rings. The van der Waals surface area contributed by atoms with Crippen molar-refractivity contribution < 1.29 is 9.53 Å². The summed E-state index contributed by atoms with van der Waals surface area (Å²) >= 11 is 0. The van der Waals surface area contributed by atoms with Crippen LogP contribution in [0.4, 0.5) is 22.9 Å². The van der Waals surface area contributed by atoms with Gasteiger partial charge in [0.05, 0.1) is 17.9 Å². The van der Waals surface area contributed by atoms with E-state index in [-0.39, 0.29) is 0 Å². The summed E-state index contributed by atoms with van der Waals surface area (Å²) in [6.07, 6.45) is 4.93. The zero-order chi connectivity index (χ0) is 17.9. The van der Waals surface area contributed by atoms with Crippen LogP contribution in [0.5, 0.6) is 0 Å². The third-order valence-corrected chi connectivity index (χ3v) is 5.29. The fourth-order valence-electron chi connectivity index (χ4n) is 3.82. The summed E-state index contributed by atoms with van der Waals surface area (Å²) in [4.78, 5) is 20.3. The van der Waals surface area contributed by atoms with E-state index >= 15 is 0 Å². The zero-order valence-corrected chi connectivity index (χ0v) is 15.0. The van der Waals surface area contributed by atoms with Gasteiger partial charge in [-0.05, 0) is 43.0 Å². The Balaban J connectivity index is 1.59. The number of hydrogen-bond donors (Lipinski definition) is 1. The van der Waals surface area contributed by atoms with E-state index in [1.165, 1.54) is 0 Å². The number of anilines is 4. The molecule has 0 aliphatic carbocycles. The Morgan fingerprint density at radius 2 is 2.15 bits per heavy atom. The Morgan fingerprint density at radius 1 is 1.31 bits per heavy atom. The first-order chi connectivity index (χ1) is 12.8. The highest BCUT2D eigenvalue weighted by molar-refractivity contribution is 5.89. The maximum Gasteiger partial charge on any atom is 0.214 e. The maximum absolute atomic E-state index is 11.7. The highest BCUT2D eigenvalue weighted by atomic mass is 16.5. The fraction of sp³-hybridized carbons (Fsp3) is 0.400. The number of pyridine rings is 1. The second kappa shape index (κ2) is 7.33. The van der Waals surface area contributed by atoms with Crippen LogP contribution in [-0.4, -0.2) is 38.2 Å². The van der Waals surface area contributed by atoms with Gasteiger partial charge in [0.15, 0.2) is 0 Å². The summed E-state index contributed by atoms with van der Waals surface area (Å²) in [7, 11) is 1.77. The molecule has 136 valence electrons. The highest BCUT2D eigenvalue weighted by Crippen LogP contribution is 2.37. The monoisotopic (exact) mass is 352 g/mol. The van der Waals surface area contributed by atoms with Crippen LogP contribution in [0, 0.1) is 5.92 Å². The minimum Gasteiger partial charge on any atom is -0.384 e. The Morgan fingerprint density at radius 3 is 2.92 bits per heavy atom. The Hall–Kier alpha value is -2.60. The third kappa shape index (κ3) is 3.24. The SMILES string of the molecule is COCC1CCN(c2ccc3c(c2)N(C=O)Cc2cccnc2N3)CC1. The van der Waals surface area contributed by atoms with Crippen molar-refractivity contribution in [3.05, 3.63) is 42.1 Å². The molecule has 4 rings (SSSR count). The number of nitrogens with zero attached hydrogens (tertiary/aromatic N) is 3. The van der Waals surface area contributed by atoms with Gasteiger partial charge in [-0.2, -0.15) is 0 Å². The molecule has 0 bridgehead atoms. The third-order valence-electron chi connectivity index (χ3n) is 5.29. The number of benzene rings is 1. The second-order valence-corrected chi connectivity index (χ2v) is 6.96. The van der Waals surface area contributed by atoms with Crippen LogP contribution in [0.15, 0.2) is 36.5 Å². The van der Waals surface area contributed by atoms with Crippen molar-refractivity contribution in [3.8, 4) is 0 Å². The van der Waals surface area contributed by atoms with E-state index in [2.05, 4.69) is 27.3 Å². The van der Waals surface area contributed by atoms with Crippen molar-refractivity contribution >= 4 is 29.3 Å². The topological polar surface area (TPSA) is 57.7 Å². The number of methoxy groups -OCH3 is 1. The van der Waals surface area contributed by atoms with E-state index < -0.39 is 0 Å². The van der Waals surface area contributed by atoms with E-state index in [1.54, 1.807) is 18.2 Å². The summed E-state index contributed by atoms with van der Waals surface area (Å²) in [5.74, 6) is 1.46. The predicted octanol–water partition coefficient (Wildman–Crippen LogP) is 3.16. The standard InChI is InChI=1S/C20H24N4O2/c1-26-13-15-6-9-23(10-7-15)17-4-5-18-19(11-17)24(14-25)12-16-3-2-8-21-20(16)22-18/h2-5,8,11,14-15H,6-7,9-10,12-13H2,1H3,(H,21,22). The van der Waals surface area contributed by atoms with Crippen molar-refractivity contribution in [3.63, 3.8) is 0 Å². The van der Waals surface area contributed by atoms with Crippen LogP contribution in [0.3, 0.4) is 0 Å². The number of fused-ring (bicyclic) bond motifs is 2. The minimum absolute atomic E-state index is 0.520. The molecule has 1 saturated heterocycles. The first kappa shape index (κ1) is 16.8. The molecule has 2 aliphatic heterocycles. The average molecular weight is 352 g/mol. The van der Waals surface area contributed by atoms with Crippen LogP contribution in [0.25, 0.3) is 0 Å². The van der Waals surface area contributed by atoms with Gasteiger partial charge < -0.3 is 19.9 Å². The van der Waals surface area contributed by atoms with Crippen LogP contribution in [0.2, 0.25) is 0 Å². The van der Waals surface area contributed by atoms with Gasteiger partial charge in [-0.1, -0.05) is 6.07 Å². The smallest absolute Gasteiger partial charge is 0.214 e. The molecule has 0 radical (unpaired) electrons. The number of carbonyl (C=O) groups excluding carboxylic acids is 1. The van der Waals surface area contributed by atoms with Gasteiger partial charge in [-0.3, -0.25) is 4.79 Å². The number of carbonyl (C=O) groups is 1. The molecular weight excluding hydrogens is 328 g/mol. The molecule has 1 N–H and O–H groups in total. The molecule has 0 atom stereocenters. The lowest BCUT2D eigenvalue weighted by molar-refractivity contribution is -0.107. The summed E-state index contributed by atoms with van der Waals surface area (Å²) in [5, 5.41) is 3.37. The molecule has 3 heterocycles. The number of hydrogen-bond acceptors (Lipinski definition) is 5. The Labute approximate surface area is 153 Å². The van der Waals surface area contributed by atoms with E-state index in [0.717, 1.165) is 67.4 Å². The van der Waals surface area contributed by atoms with Gasteiger partial charge in [0, 0.05) is 44.3 Å². The molecule has 6 heteroatoms. The predicted molar refractivity (Wildman–Crippen MR) is 103 cm³/mol. The van der Waals surface area contributed by atoms with Crippen molar-refractivity contribution in [2.45, 2.75) is 19.4 Å². The van der Waals surface area contributed by atoms with E-state index in [1.807, 2.05) is 18.2 Å². The Kier molecular flexibility index (Phi) is 4.75. The van der Waals surface area contributed by atoms with Gasteiger partial charge >= 0.3 is 0 Å². The zero-order valence-electron chi connectivity index (χ0n) is 15.0. The quantitative estimate of drug-likeness (QED) is 0.857. The highest BCUT2D eigenvalue weighted by Gasteiger charge is 2.23. The first-order valence-corrected chi connectivity index (χ1v) is 9.09. The largest absolute Gasteiger partial charge is 0.384 e. The lowest BCUT2D eigenvalue weighted by Crippen LogP contribution is -2.35. The van der Waals surface area contributed by atoms with Crippen LogP contribution >= 0.6 is 0 Å². The van der Waals surface area contributed by atoms with E-state index in [4.69, 9.17) is 4.74 Å². The molecule has 0 unspecified atom stereocenters. The molecule has 2 aromatic rings. The summed E-state index contributed by atoms with van der Waals surface area (Å²) in [6.45, 7) is 3.39. The van der Waals surface area contributed by atoms with Crippen molar-refractivity contribution in [2.75, 3.05) is 41.9 Å². The number of aromatic nitrogens is 1. The van der Waals surface area contributed by atoms with Crippen molar-refractivity contribution in [1.29, 1.82) is 0 Å². The minimum atomic E-state index is 0.520. The lowest BCUT2D eigenvalue weighted by atomic mass is 9.97. The molecule has 0 saturated carbocycles. The van der Waals surface area contributed by atoms with Crippen LogP contribution < -0.4 is 15.1 Å². The van der Waals surface area contributed by atoms with Gasteiger partial charge in [-0.25, -0.2) is 4.98 Å². The summed E-state index contributed by atoms with van der Waals surface area (Å²) in [5.41, 5.74) is 3.98. The second-order valence-electron chi connectivity index (χ2n) is 6.96. The van der Waals surface area contributed by atoms with E-state index in [0.29, 0.717) is 12.5 Å². The first-order valence-electron chi connectivity index (χ1n) is 9.09. The van der Waals surface area contributed by atoms with E-state index in [9.17, 15) is 4.79 Å². The molecule has 2 aliphatic rings. The van der Waals surface area contributed by atoms with Gasteiger partial charge in [0.2, 0.25) is 6.41 Å². The van der Waals surface area contributed by atoms with Gasteiger partial charge in [0.25, 0.3) is 0 Å². The summed E-state index contributed by atoms with van der Waals surface area (Å²) < 4.78 is 5.29. The normalized spacial score (nSPS) is 17.1. The molecular formula is C20H24N4O2. The van der Waals surface area contributed by atoms with Crippen LogP contribution in [-0.2, 0) is 16.1 Å². The molecule has 6 nitrogen and oxygen atoms in total. The number of amides is 1.